The predicted molar refractivity (Wildman–Crippen MR) is 106 cm³/mol. The summed E-state index contributed by atoms with van der Waals surface area (Å²) in [5, 5.41) is 0. The third-order valence-corrected chi connectivity index (χ3v) is 4.19. The zero-order valence-electron chi connectivity index (χ0n) is 15.5. The molecule has 0 aromatic carbocycles. The van der Waals surface area contributed by atoms with Gasteiger partial charge in [0.1, 0.15) is 0 Å². The summed E-state index contributed by atoms with van der Waals surface area (Å²) in [6.45, 7) is 10.5. The van der Waals surface area contributed by atoms with Crippen molar-refractivity contribution in [3.05, 3.63) is 59.2 Å². The maximum absolute atomic E-state index is 4.27. The monoisotopic (exact) mass is 328 g/mol. The van der Waals surface area contributed by atoms with E-state index in [2.05, 4.69) is 29.9 Å². The van der Waals surface area contributed by atoms with Crippen LogP contribution in [0.3, 0.4) is 0 Å². The second-order valence-corrected chi connectivity index (χ2v) is 6.63. The van der Waals surface area contributed by atoms with Crippen molar-refractivity contribution in [2.45, 2.75) is 74.1 Å². The minimum Gasteiger partial charge on any atom is -0.264 e. The molecule has 0 radical (unpaired) electrons. The van der Waals surface area contributed by atoms with E-state index >= 15 is 0 Å². The summed E-state index contributed by atoms with van der Waals surface area (Å²) in [5.74, 6) is 1.04. The van der Waals surface area contributed by atoms with E-state index in [1.807, 2.05) is 45.2 Å². The molecule has 3 rings (SSSR count). The second kappa shape index (κ2) is 12.7. The molecule has 0 aliphatic heterocycles. The first kappa shape index (κ1) is 22.3. The van der Waals surface area contributed by atoms with Gasteiger partial charge >= 0.3 is 0 Å². The lowest BCUT2D eigenvalue weighted by Gasteiger charge is -2.15. The molecule has 1 aliphatic rings. The van der Waals surface area contributed by atoms with Crippen molar-refractivity contribution in [2.75, 3.05) is 0 Å². The molecular weight excluding hydrogens is 292 g/mol. The van der Waals surface area contributed by atoms with Crippen LogP contribution in [0.5, 0.6) is 0 Å². The molecule has 0 unspecified atom stereocenters. The Bertz CT molecular complexity index is 543. The second-order valence-electron chi connectivity index (χ2n) is 6.63. The molecule has 0 atom stereocenters. The number of hydrogen-bond donors (Lipinski definition) is 0. The quantitative estimate of drug-likeness (QED) is 0.543. The SMILES string of the molecule is C.CC1CCCCC1.Cc1ccc(C)c(C)n1.Cc1cccnc1. The van der Waals surface area contributed by atoms with Gasteiger partial charge in [-0.2, -0.15) is 0 Å². The first-order chi connectivity index (χ1) is 11.0. The molecule has 1 aliphatic carbocycles. The van der Waals surface area contributed by atoms with Gasteiger partial charge in [-0.05, 0) is 56.9 Å². The van der Waals surface area contributed by atoms with Crippen molar-refractivity contribution >= 4 is 0 Å². The molecule has 2 aromatic rings. The summed E-state index contributed by atoms with van der Waals surface area (Å²) in [6, 6.07) is 8.07. The van der Waals surface area contributed by atoms with Gasteiger partial charge < -0.3 is 0 Å². The number of aryl methyl sites for hydroxylation is 4. The zero-order valence-corrected chi connectivity index (χ0v) is 15.5. The van der Waals surface area contributed by atoms with Crippen LogP contribution in [0, 0.1) is 33.6 Å². The van der Waals surface area contributed by atoms with E-state index in [-0.39, 0.29) is 7.43 Å². The first-order valence-corrected chi connectivity index (χ1v) is 8.76. The van der Waals surface area contributed by atoms with E-state index in [9.17, 15) is 0 Å². The van der Waals surface area contributed by atoms with Crippen LogP contribution in [-0.4, -0.2) is 9.97 Å². The molecule has 0 bridgehead atoms. The molecular formula is C22H36N2. The molecule has 0 amide bonds. The fourth-order valence-electron chi connectivity index (χ4n) is 2.51. The predicted octanol–water partition coefficient (Wildman–Crippen LogP) is 6.62. The minimum atomic E-state index is 0. The van der Waals surface area contributed by atoms with Crippen molar-refractivity contribution in [2.24, 2.45) is 5.92 Å². The summed E-state index contributed by atoms with van der Waals surface area (Å²) in [6.07, 6.45) is 11.0. The number of rotatable bonds is 0. The van der Waals surface area contributed by atoms with Gasteiger partial charge in [-0.15, -0.1) is 0 Å². The smallest absolute Gasteiger partial charge is 0.0404 e. The Kier molecular flexibility index (Phi) is 11.8. The van der Waals surface area contributed by atoms with E-state index in [1.165, 1.54) is 43.2 Å². The number of nitrogens with zero attached hydrogens (tertiary/aromatic N) is 2. The fourth-order valence-corrected chi connectivity index (χ4v) is 2.51. The Morgan fingerprint density at radius 2 is 1.58 bits per heavy atom. The van der Waals surface area contributed by atoms with Crippen LogP contribution in [0.4, 0.5) is 0 Å². The normalized spacial score (nSPS) is 13.5. The highest BCUT2D eigenvalue weighted by molar-refractivity contribution is 5.19. The average Bonchev–Trinajstić information content (AvgIpc) is 2.54. The lowest BCUT2D eigenvalue weighted by molar-refractivity contribution is 0.385. The van der Waals surface area contributed by atoms with E-state index in [0.29, 0.717) is 0 Å². The Morgan fingerprint density at radius 1 is 0.917 bits per heavy atom. The zero-order chi connectivity index (χ0) is 17.1. The molecule has 2 heteroatoms. The van der Waals surface area contributed by atoms with Gasteiger partial charge in [-0.1, -0.05) is 58.6 Å². The first-order valence-electron chi connectivity index (χ1n) is 8.76. The maximum atomic E-state index is 4.27. The molecule has 1 saturated carbocycles. The Balaban J connectivity index is 0.000000327. The third-order valence-electron chi connectivity index (χ3n) is 4.19. The molecule has 2 aromatic heterocycles. The van der Waals surface area contributed by atoms with Crippen LogP contribution in [0.25, 0.3) is 0 Å². The Hall–Kier alpha value is -1.70. The lowest BCUT2D eigenvalue weighted by Crippen LogP contribution is -1.99. The lowest BCUT2D eigenvalue weighted by atomic mass is 9.91. The highest BCUT2D eigenvalue weighted by Gasteiger charge is 2.05. The molecule has 134 valence electrons. The van der Waals surface area contributed by atoms with Gasteiger partial charge in [0.2, 0.25) is 0 Å². The van der Waals surface area contributed by atoms with Crippen molar-refractivity contribution < 1.29 is 0 Å². The van der Waals surface area contributed by atoms with E-state index in [1.54, 1.807) is 6.20 Å². The molecule has 1 fully saturated rings. The highest BCUT2D eigenvalue weighted by Crippen LogP contribution is 2.22. The number of pyridine rings is 2. The summed E-state index contributed by atoms with van der Waals surface area (Å²) in [7, 11) is 0. The van der Waals surface area contributed by atoms with Crippen LogP contribution in [0.2, 0.25) is 0 Å². The van der Waals surface area contributed by atoms with Crippen LogP contribution in [-0.2, 0) is 0 Å². The summed E-state index contributed by atoms with van der Waals surface area (Å²) in [4.78, 5) is 8.16. The van der Waals surface area contributed by atoms with Crippen molar-refractivity contribution in [1.82, 2.24) is 9.97 Å². The van der Waals surface area contributed by atoms with Gasteiger partial charge in [0.25, 0.3) is 0 Å². The fraction of sp³-hybridized carbons (Fsp3) is 0.545. The van der Waals surface area contributed by atoms with E-state index in [4.69, 9.17) is 0 Å². The van der Waals surface area contributed by atoms with Crippen LogP contribution < -0.4 is 0 Å². The van der Waals surface area contributed by atoms with Gasteiger partial charge in [0, 0.05) is 23.8 Å². The van der Waals surface area contributed by atoms with Gasteiger partial charge in [0.05, 0.1) is 0 Å². The molecule has 2 heterocycles. The standard InChI is InChI=1S/C8H11N.C7H14.C6H7N.CH4/c1-6-4-5-7(2)9-8(6)3;1-7-5-3-2-4-6-7;1-6-3-2-4-7-5-6;/h4-5H,1-3H3;7H,2-6H2,1H3;2-5H,1H3;1H4. The minimum absolute atomic E-state index is 0. The van der Waals surface area contributed by atoms with Gasteiger partial charge in [-0.25, -0.2) is 0 Å². The van der Waals surface area contributed by atoms with Crippen LogP contribution in [0.15, 0.2) is 36.7 Å². The van der Waals surface area contributed by atoms with Crippen LogP contribution in [0.1, 0.15) is 69.0 Å². The highest BCUT2D eigenvalue weighted by atomic mass is 14.7. The number of hydrogen-bond acceptors (Lipinski definition) is 2. The molecule has 0 N–H and O–H groups in total. The molecule has 2 nitrogen and oxygen atoms in total. The topological polar surface area (TPSA) is 25.8 Å². The molecule has 24 heavy (non-hydrogen) atoms. The van der Waals surface area contributed by atoms with Crippen molar-refractivity contribution in [1.29, 1.82) is 0 Å². The van der Waals surface area contributed by atoms with Crippen molar-refractivity contribution in [3.63, 3.8) is 0 Å². The summed E-state index contributed by atoms with van der Waals surface area (Å²) in [5.41, 5.74) is 4.70. The van der Waals surface area contributed by atoms with Crippen molar-refractivity contribution in [3.8, 4) is 0 Å². The number of aromatic nitrogens is 2. The Morgan fingerprint density at radius 3 is 1.92 bits per heavy atom. The van der Waals surface area contributed by atoms with Gasteiger partial charge in [-0.3, -0.25) is 9.97 Å². The summed E-state index contributed by atoms with van der Waals surface area (Å²) >= 11 is 0. The largest absolute Gasteiger partial charge is 0.264 e. The molecule has 0 saturated heterocycles. The Labute approximate surface area is 149 Å². The van der Waals surface area contributed by atoms with E-state index < -0.39 is 0 Å². The average molecular weight is 329 g/mol. The van der Waals surface area contributed by atoms with Crippen LogP contribution >= 0.6 is 0 Å². The summed E-state index contributed by atoms with van der Waals surface area (Å²) < 4.78 is 0. The molecule has 0 spiro atoms. The third kappa shape index (κ3) is 10.1. The maximum Gasteiger partial charge on any atom is 0.0404 e. The van der Waals surface area contributed by atoms with E-state index in [0.717, 1.165) is 17.3 Å². The van der Waals surface area contributed by atoms with Gasteiger partial charge in [0.15, 0.2) is 0 Å².